The van der Waals surface area contributed by atoms with E-state index in [1.54, 1.807) is 48.5 Å². The molecule has 0 radical (unpaired) electrons. The molecule has 0 bridgehead atoms. The fraction of sp³-hybridized carbons (Fsp3) is 0.294. The van der Waals surface area contributed by atoms with Gasteiger partial charge in [-0.05, 0) is 62.3 Å². The molecule has 4 amide bonds. The molecule has 4 aromatic rings. The maximum absolute atomic E-state index is 13.2. The Morgan fingerprint density at radius 1 is 0.477 bits per heavy atom. The van der Waals surface area contributed by atoms with Crippen LogP contribution in [0.15, 0.2) is 60.7 Å². The predicted molar refractivity (Wildman–Crippen MR) is 171 cm³/mol. The number of hydrogen-bond donors (Lipinski definition) is 0. The summed E-state index contributed by atoms with van der Waals surface area (Å²) < 4.78 is 0. The van der Waals surface area contributed by atoms with Crippen LogP contribution in [0.4, 0.5) is 0 Å². The molecule has 0 atom stereocenters. The van der Waals surface area contributed by atoms with E-state index in [9.17, 15) is 19.2 Å². The minimum absolute atomic E-state index is 0.269. The average molecular weight is 630 g/mol. The van der Waals surface area contributed by atoms with Gasteiger partial charge in [0.25, 0.3) is 23.6 Å². The first-order chi connectivity index (χ1) is 21.3. The van der Waals surface area contributed by atoms with Gasteiger partial charge in [-0.15, -0.1) is 0 Å². The molecule has 1 fully saturated rings. The van der Waals surface area contributed by atoms with Crippen LogP contribution >= 0.6 is 23.2 Å². The highest BCUT2D eigenvalue weighted by Crippen LogP contribution is 2.35. The minimum atomic E-state index is -0.269. The third-order valence-electron chi connectivity index (χ3n) is 9.05. The lowest BCUT2D eigenvalue weighted by Gasteiger charge is -2.35. The van der Waals surface area contributed by atoms with Crippen molar-refractivity contribution in [3.05, 3.63) is 93.0 Å². The van der Waals surface area contributed by atoms with E-state index in [0.717, 1.165) is 50.0 Å². The molecule has 1 saturated heterocycles. The van der Waals surface area contributed by atoms with Gasteiger partial charge >= 0.3 is 0 Å². The lowest BCUT2D eigenvalue weighted by molar-refractivity contribution is 0.0573. The summed E-state index contributed by atoms with van der Waals surface area (Å²) in [7, 11) is 0. The molecule has 44 heavy (non-hydrogen) atoms. The summed E-state index contributed by atoms with van der Waals surface area (Å²) in [4.78, 5) is 60.3. The maximum Gasteiger partial charge on any atom is 0.261 e. The second kappa shape index (κ2) is 11.6. The first kappa shape index (κ1) is 28.9. The molecular weight excluding hydrogens is 599 g/mol. The van der Waals surface area contributed by atoms with E-state index >= 15 is 0 Å². The molecule has 3 aliphatic heterocycles. The van der Waals surface area contributed by atoms with Gasteiger partial charge in [0, 0.05) is 93.1 Å². The zero-order valence-electron chi connectivity index (χ0n) is 24.0. The van der Waals surface area contributed by atoms with Crippen LogP contribution in [-0.4, -0.2) is 95.6 Å². The summed E-state index contributed by atoms with van der Waals surface area (Å²) >= 11 is 12.7. The van der Waals surface area contributed by atoms with E-state index < -0.39 is 0 Å². The molecule has 0 unspecified atom stereocenters. The minimum Gasteiger partial charge on any atom is -0.301 e. The van der Waals surface area contributed by atoms with Crippen molar-refractivity contribution in [3.63, 3.8) is 0 Å². The quantitative estimate of drug-likeness (QED) is 0.237. The van der Waals surface area contributed by atoms with Gasteiger partial charge in [0.2, 0.25) is 0 Å². The molecule has 0 spiro atoms. The molecule has 10 heteroatoms. The molecule has 8 nitrogen and oxygen atoms in total. The van der Waals surface area contributed by atoms with Crippen LogP contribution in [0.2, 0.25) is 10.0 Å². The highest BCUT2D eigenvalue weighted by molar-refractivity contribution is 6.38. The van der Waals surface area contributed by atoms with Crippen LogP contribution in [0, 0.1) is 0 Å². The molecule has 0 saturated carbocycles. The fourth-order valence-electron chi connectivity index (χ4n) is 6.77. The normalized spacial score (nSPS) is 17.4. The SMILES string of the molecule is O=C1c2cccc3c(Cl)ccc(c23)C(=O)N1CCCN1CCN(CCCN2C(=O)c3cccc4c(Cl)ccc(c34)C2=O)CC1. The molecule has 224 valence electrons. The van der Waals surface area contributed by atoms with Gasteiger partial charge in [0.1, 0.15) is 0 Å². The smallest absolute Gasteiger partial charge is 0.261 e. The predicted octanol–water partition coefficient (Wildman–Crippen LogP) is 5.59. The van der Waals surface area contributed by atoms with Gasteiger partial charge in [0.05, 0.1) is 0 Å². The standard InChI is InChI=1S/C34H30Cl2N4O4/c35-27-11-9-25-29-21(27)5-1-7-23(29)31(41)39(33(25)43)15-3-13-37-17-19-38(20-18-37)14-4-16-40-32(42)24-8-2-6-22-28(36)12-10-26(30(22)24)34(40)44/h1-2,5-12H,3-4,13-20H2. The first-order valence-electron chi connectivity index (χ1n) is 14.9. The van der Waals surface area contributed by atoms with E-state index in [1.807, 2.05) is 12.1 Å². The van der Waals surface area contributed by atoms with E-state index in [0.29, 0.717) is 69.0 Å². The van der Waals surface area contributed by atoms with Crippen LogP contribution in [0.25, 0.3) is 21.5 Å². The van der Waals surface area contributed by atoms with Crippen molar-refractivity contribution >= 4 is 68.4 Å². The van der Waals surface area contributed by atoms with Gasteiger partial charge in [-0.2, -0.15) is 0 Å². The highest BCUT2D eigenvalue weighted by Gasteiger charge is 2.34. The van der Waals surface area contributed by atoms with Crippen LogP contribution in [0.3, 0.4) is 0 Å². The number of hydrogen-bond acceptors (Lipinski definition) is 6. The molecular formula is C34H30Cl2N4O4. The number of carbonyl (C=O) groups excluding carboxylic acids is 4. The third kappa shape index (κ3) is 4.86. The van der Waals surface area contributed by atoms with E-state index in [4.69, 9.17) is 23.2 Å². The van der Waals surface area contributed by atoms with Crippen LogP contribution in [-0.2, 0) is 0 Å². The Bertz CT molecular complexity index is 1690. The maximum atomic E-state index is 13.2. The van der Waals surface area contributed by atoms with E-state index in [2.05, 4.69) is 9.80 Å². The van der Waals surface area contributed by atoms with Crippen molar-refractivity contribution in [2.45, 2.75) is 12.8 Å². The lowest BCUT2D eigenvalue weighted by Crippen LogP contribution is -2.48. The number of nitrogens with zero attached hydrogens (tertiary/aromatic N) is 4. The number of amides is 4. The molecule has 7 rings (SSSR count). The number of halogens is 2. The molecule has 3 heterocycles. The Morgan fingerprint density at radius 3 is 1.23 bits per heavy atom. The second-order valence-electron chi connectivity index (χ2n) is 11.6. The second-order valence-corrected chi connectivity index (χ2v) is 12.4. The number of benzene rings is 4. The van der Waals surface area contributed by atoms with Crippen LogP contribution < -0.4 is 0 Å². The summed E-state index contributed by atoms with van der Waals surface area (Å²) in [6.07, 6.45) is 1.38. The number of piperazine rings is 1. The lowest BCUT2D eigenvalue weighted by atomic mass is 9.94. The van der Waals surface area contributed by atoms with E-state index in [-0.39, 0.29) is 23.6 Å². The summed E-state index contributed by atoms with van der Waals surface area (Å²) in [6.45, 7) is 5.79. The Labute approximate surface area is 264 Å². The monoisotopic (exact) mass is 628 g/mol. The van der Waals surface area contributed by atoms with Crippen molar-refractivity contribution in [2.24, 2.45) is 0 Å². The van der Waals surface area contributed by atoms with Crippen LogP contribution in [0.1, 0.15) is 54.3 Å². The summed E-state index contributed by atoms with van der Waals surface area (Å²) in [6, 6.07) is 17.6. The van der Waals surface area contributed by atoms with Gasteiger partial charge in [-0.3, -0.25) is 29.0 Å². The summed E-state index contributed by atoms with van der Waals surface area (Å²) in [5.41, 5.74) is 2.08. The molecule has 0 aliphatic carbocycles. The van der Waals surface area contributed by atoms with Crippen molar-refractivity contribution < 1.29 is 19.2 Å². The summed E-state index contributed by atoms with van der Waals surface area (Å²) in [5, 5.41) is 3.79. The van der Waals surface area contributed by atoms with Gasteiger partial charge in [-0.25, -0.2) is 0 Å². The van der Waals surface area contributed by atoms with Crippen molar-refractivity contribution in [1.82, 2.24) is 19.6 Å². The van der Waals surface area contributed by atoms with E-state index in [1.165, 1.54) is 9.80 Å². The van der Waals surface area contributed by atoms with Crippen LogP contribution in [0.5, 0.6) is 0 Å². The molecule has 3 aliphatic rings. The Morgan fingerprint density at radius 2 is 0.841 bits per heavy atom. The summed E-state index contributed by atoms with van der Waals surface area (Å²) in [5.74, 6) is -1.07. The highest BCUT2D eigenvalue weighted by atomic mass is 35.5. The molecule has 4 aromatic carbocycles. The fourth-order valence-corrected chi connectivity index (χ4v) is 7.21. The number of imide groups is 2. The van der Waals surface area contributed by atoms with Gasteiger partial charge in [-0.1, -0.05) is 47.5 Å². The third-order valence-corrected chi connectivity index (χ3v) is 9.71. The first-order valence-corrected chi connectivity index (χ1v) is 15.7. The molecule has 0 N–H and O–H groups in total. The van der Waals surface area contributed by atoms with Gasteiger partial charge < -0.3 is 9.80 Å². The van der Waals surface area contributed by atoms with Gasteiger partial charge in [0.15, 0.2) is 0 Å². The zero-order valence-corrected chi connectivity index (χ0v) is 25.5. The number of rotatable bonds is 8. The topological polar surface area (TPSA) is 81.2 Å². The van der Waals surface area contributed by atoms with Crippen molar-refractivity contribution in [1.29, 1.82) is 0 Å². The number of carbonyl (C=O) groups is 4. The Balaban J connectivity index is 0.889. The Kier molecular flexibility index (Phi) is 7.62. The Hall–Kier alpha value is -3.82. The van der Waals surface area contributed by atoms with Crippen molar-refractivity contribution in [2.75, 3.05) is 52.4 Å². The largest absolute Gasteiger partial charge is 0.301 e. The average Bonchev–Trinajstić information content (AvgIpc) is 3.04. The molecule has 0 aromatic heterocycles. The zero-order chi connectivity index (χ0) is 30.5. The van der Waals surface area contributed by atoms with Crippen molar-refractivity contribution in [3.8, 4) is 0 Å².